The number of carbonyl (C=O) groups is 1. The number of rotatable bonds is 11. The van der Waals surface area contributed by atoms with Crippen LogP contribution in [0.5, 0.6) is 0 Å². The number of hydrogen-bond donors (Lipinski definition) is 3. The molecule has 12 heteroatoms. The smallest absolute Gasteiger partial charge is 0.273 e. The van der Waals surface area contributed by atoms with E-state index in [1.54, 1.807) is 23.1 Å². The molecule has 1 amide bonds. The van der Waals surface area contributed by atoms with E-state index in [1.165, 1.54) is 18.3 Å². The number of nitrogens with one attached hydrogen (secondary N) is 3. The highest BCUT2D eigenvalue weighted by atomic mass is 35.5. The largest absolute Gasteiger partial charge is 0.481 e. The number of carbonyl (C=O) groups excluding carboxylic acids is 1. The average molecular weight is 525 g/mol. The molecule has 0 radical (unpaired) electrons. The lowest BCUT2D eigenvalue weighted by atomic mass is 9.93. The van der Waals surface area contributed by atoms with E-state index >= 15 is 0 Å². The number of aromatic nitrogens is 6. The van der Waals surface area contributed by atoms with Crippen molar-refractivity contribution in [3.05, 3.63) is 83.2 Å². The number of halogens is 2. The molecule has 192 valence electrons. The first-order chi connectivity index (χ1) is 17.9. The molecule has 0 unspecified atom stereocenters. The number of hydrogen-bond acceptors (Lipinski definition) is 7. The fraction of sp³-hybridized carbons (Fsp3) is 0.280. The van der Waals surface area contributed by atoms with Crippen molar-refractivity contribution in [2.45, 2.75) is 32.4 Å². The number of nitrogens with zero attached hydrogens (tertiary/aromatic N) is 5. The molecule has 0 saturated heterocycles. The molecule has 4 rings (SSSR count). The summed E-state index contributed by atoms with van der Waals surface area (Å²) in [6, 6.07) is 11.4. The molecule has 0 spiro atoms. The normalized spacial score (nSPS) is 12.6. The topological polar surface area (TPSA) is 134 Å². The molecule has 37 heavy (non-hydrogen) atoms. The Bertz CT molecular complexity index is 1310. The minimum absolute atomic E-state index is 0.102. The summed E-state index contributed by atoms with van der Waals surface area (Å²) in [5.41, 5.74) is 2.17. The Morgan fingerprint density at radius 1 is 1.27 bits per heavy atom. The monoisotopic (exact) mass is 524 g/mol. The van der Waals surface area contributed by atoms with Gasteiger partial charge in [-0.15, -0.1) is 5.10 Å². The van der Waals surface area contributed by atoms with Crippen LogP contribution < -0.4 is 5.32 Å². The van der Waals surface area contributed by atoms with Crippen LogP contribution in [0.25, 0.3) is 11.1 Å². The molecule has 4 aromatic rings. The van der Waals surface area contributed by atoms with Crippen LogP contribution in [0.3, 0.4) is 0 Å². The SMILES string of the molecule is CCOC(=N)[C@@H](C[C@@H](Cc1ccc(-c2cc(Cl)ccc2F)cc1)NC(=O)c1cn[nH]n1)Cn1ccnn1. The summed E-state index contributed by atoms with van der Waals surface area (Å²) in [5.74, 6) is -1.02. The molecule has 2 heterocycles. The van der Waals surface area contributed by atoms with Gasteiger partial charge in [0.1, 0.15) is 5.82 Å². The Labute approximate surface area is 217 Å². The van der Waals surface area contributed by atoms with Crippen molar-refractivity contribution in [2.24, 2.45) is 5.92 Å². The van der Waals surface area contributed by atoms with Crippen LogP contribution in [-0.4, -0.2) is 54.9 Å². The third kappa shape index (κ3) is 6.98. The minimum Gasteiger partial charge on any atom is -0.481 e. The van der Waals surface area contributed by atoms with E-state index in [9.17, 15) is 9.18 Å². The van der Waals surface area contributed by atoms with E-state index in [2.05, 4.69) is 31.0 Å². The zero-order valence-corrected chi connectivity index (χ0v) is 20.8. The summed E-state index contributed by atoms with van der Waals surface area (Å²) in [7, 11) is 0. The van der Waals surface area contributed by atoms with Crippen molar-refractivity contribution in [3.8, 4) is 11.1 Å². The predicted octanol–water partition coefficient (Wildman–Crippen LogP) is 3.92. The molecule has 2 atom stereocenters. The van der Waals surface area contributed by atoms with Gasteiger partial charge < -0.3 is 10.1 Å². The van der Waals surface area contributed by atoms with Gasteiger partial charge in [-0.2, -0.15) is 15.4 Å². The molecule has 0 aliphatic rings. The van der Waals surface area contributed by atoms with Gasteiger partial charge in [0, 0.05) is 22.8 Å². The van der Waals surface area contributed by atoms with Gasteiger partial charge in [0.15, 0.2) is 11.6 Å². The van der Waals surface area contributed by atoms with Crippen molar-refractivity contribution in [1.29, 1.82) is 5.41 Å². The van der Waals surface area contributed by atoms with Gasteiger partial charge in [-0.05, 0) is 49.1 Å². The van der Waals surface area contributed by atoms with E-state index in [0.717, 1.165) is 5.56 Å². The first-order valence-electron chi connectivity index (χ1n) is 11.7. The maximum atomic E-state index is 14.3. The number of ether oxygens (including phenoxy) is 1. The Morgan fingerprint density at radius 2 is 2.08 bits per heavy atom. The zero-order chi connectivity index (χ0) is 26.2. The summed E-state index contributed by atoms with van der Waals surface area (Å²) in [5, 5.41) is 29.7. The molecule has 2 aromatic heterocycles. The minimum atomic E-state index is -0.390. The van der Waals surface area contributed by atoms with Crippen molar-refractivity contribution in [2.75, 3.05) is 6.61 Å². The standard InChI is InChI=1S/C25H26ClFN8O2/c1-2-37-24(28)18(15-35-10-9-29-34-35)12-20(31-25(36)23-14-30-33-32-23)11-16-3-5-17(6-4-16)21-13-19(26)7-8-22(21)27/h3-10,13-14,18,20,28H,2,11-12,15H2,1H3,(H,31,36)(H,30,32,33)/t18-,20+/m0/s1. The maximum Gasteiger partial charge on any atom is 0.273 e. The highest BCUT2D eigenvalue weighted by Crippen LogP contribution is 2.27. The maximum absolute atomic E-state index is 14.3. The van der Waals surface area contributed by atoms with Crippen LogP contribution in [0.15, 0.2) is 61.1 Å². The Balaban J connectivity index is 1.55. The lowest BCUT2D eigenvalue weighted by Crippen LogP contribution is -2.40. The first kappa shape index (κ1) is 26.0. The fourth-order valence-electron chi connectivity index (χ4n) is 4.02. The fourth-order valence-corrected chi connectivity index (χ4v) is 4.20. The van der Waals surface area contributed by atoms with Crippen LogP contribution in [0.1, 0.15) is 29.4 Å². The van der Waals surface area contributed by atoms with Crippen molar-refractivity contribution < 1.29 is 13.9 Å². The summed E-state index contributed by atoms with van der Waals surface area (Å²) in [4.78, 5) is 12.8. The van der Waals surface area contributed by atoms with E-state index in [4.69, 9.17) is 21.7 Å². The average Bonchev–Trinajstić information content (AvgIpc) is 3.60. The highest BCUT2D eigenvalue weighted by molar-refractivity contribution is 6.30. The van der Waals surface area contributed by atoms with Gasteiger partial charge in [0.05, 0.1) is 31.5 Å². The van der Waals surface area contributed by atoms with Gasteiger partial charge in [-0.25, -0.2) is 4.39 Å². The Morgan fingerprint density at radius 3 is 2.76 bits per heavy atom. The quantitative estimate of drug-likeness (QED) is 0.201. The van der Waals surface area contributed by atoms with Crippen LogP contribution in [-0.2, 0) is 17.7 Å². The van der Waals surface area contributed by atoms with Gasteiger partial charge in [-0.3, -0.25) is 14.9 Å². The second-order valence-electron chi connectivity index (χ2n) is 8.41. The predicted molar refractivity (Wildman–Crippen MR) is 136 cm³/mol. The van der Waals surface area contributed by atoms with Crippen LogP contribution in [0.2, 0.25) is 5.02 Å². The first-order valence-corrected chi connectivity index (χ1v) is 12.1. The second kappa shape index (κ2) is 12.2. The summed E-state index contributed by atoms with van der Waals surface area (Å²) in [6.45, 7) is 2.53. The van der Waals surface area contributed by atoms with E-state index in [-0.39, 0.29) is 35.3 Å². The molecule has 0 fully saturated rings. The lowest BCUT2D eigenvalue weighted by molar-refractivity contribution is 0.0925. The Hall–Kier alpha value is -4.12. The van der Waals surface area contributed by atoms with Gasteiger partial charge >= 0.3 is 0 Å². The van der Waals surface area contributed by atoms with E-state index in [0.29, 0.717) is 42.1 Å². The number of aromatic amines is 1. The van der Waals surface area contributed by atoms with Crippen molar-refractivity contribution >= 4 is 23.4 Å². The highest BCUT2D eigenvalue weighted by Gasteiger charge is 2.25. The summed E-state index contributed by atoms with van der Waals surface area (Å²) < 4.78 is 21.4. The molecule has 0 aliphatic carbocycles. The van der Waals surface area contributed by atoms with Crippen molar-refractivity contribution in [3.63, 3.8) is 0 Å². The molecular weight excluding hydrogens is 499 g/mol. The van der Waals surface area contributed by atoms with Crippen LogP contribution in [0, 0.1) is 17.1 Å². The zero-order valence-electron chi connectivity index (χ0n) is 20.1. The third-order valence-corrected chi connectivity index (χ3v) is 6.01. The number of benzene rings is 2. The van der Waals surface area contributed by atoms with Gasteiger partial charge in [-0.1, -0.05) is 41.1 Å². The molecule has 10 nitrogen and oxygen atoms in total. The second-order valence-corrected chi connectivity index (χ2v) is 8.84. The molecule has 0 saturated carbocycles. The number of amides is 1. The van der Waals surface area contributed by atoms with Crippen LogP contribution in [0.4, 0.5) is 4.39 Å². The van der Waals surface area contributed by atoms with Gasteiger partial charge in [0.2, 0.25) is 0 Å². The Kier molecular flexibility index (Phi) is 8.57. The molecular formula is C25H26ClFN8O2. The van der Waals surface area contributed by atoms with Gasteiger partial charge in [0.25, 0.3) is 5.91 Å². The third-order valence-electron chi connectivity index (χ3n) is 5.78. The van der Waals surface area contributed by atoms with E-state index < -0.39 is 0 Å². The summed E-state index contributed by atoms with van der Waals surface area (Å²) >= 11 is 6.05. The summed E-state index contributed by atoms with van der Waals surface area (Å²) in [6.07, 6.45) is 5.47. The lowest BCUT2D eigenvalue weighted by Gasteiger charge is -2.25. The molecule has 0 bridgehead atoms. The molecule has 3 N–H and O–H groups in total. The van der Waals surface area contributed by atoms with Crippen LogP contribution >= 0.6 is 11.6 Å². The molecule has 2 aromatic carbocycles. The van der Waals surface area contributed by atoms with Crippen molar-refractivity contribution in [1.82, 2.24) is 35.7 Å². The van der Waals surface area contributed by atoms with E-state index in [1.807, 2.05) is 31.2 Å². The molecule has 0 aliphatic heterocycles. The number of H-pyrrole nitrogens is 1.